The topological polar surface area (TPSA) is 21.3 Å². The fourth-order valence-corrected chi connectivity index (χ4v) is 1.95. The van der Waals surface area contributed by atoms with Gasteiger partial charge in [0.1, 0.15) is 5.75 Å². The lowest BCUT2D eigenvalue weighted by Gasteiger charge is -2.06. The van der Waals surface area contributed by atoms with Crippen LogP contribution in [-0.4, -0.2) is 7.11 Å². The Morgan fingerprint density at radius 2 is 1.68 bits per heavy atom. The summed E-state index contributed by atoms with van der Waals surface area (Å²) >= 11 is 5.93. The van der Waals surface area contributed by atoms with Crippen LogP contribution in [0, 0.1) is 0 Å². The van der Waals surface area contributed by atoms with Crippen LogP contribution in [-0.2, 0) is 13.1 Å². The third-order valence-corrected chi connectivity index (χ3v) is 2.94. The summed E-state index contributed by atoms with van der Waals surface area (Å²) in [5.41, 5.74) is 2.42. The molecule has 2 rings (SSSR count). The Balaban J connectivity index is 0.00000180. The molecule has 19 heavy (non-hydrogen) atoms. The molecule has 0 aliphatic carbocycles. The molecule has 0 saturated carbocycles. The minimum absolute atomic E-state index is 0. The molecule has 0 heterocycles. The molecule has 0 fully saturated rings. The molecule has 2 aromatic rings. The van der Waals surface area contributed by atoms with Crippen LogP contribution in [0.5, 0.6) is 5.75 Å². The standard InChI is InChI=1S/C15H16ClNO.BrH/c1-18-15-7-5-12(6-8-15)10-17-11-13-3-2-4-14(16)9-13;/h2-9,17H,10-11H2,1H3;1H. The third kappa shape index (κ3) is 5.23. The molecule has 0 aromatic heterocycles. The Morgan fingerprint density at radius 1 is 1.00 bits per heavy atom. The molecule has 0 aliphatic heterocycles. The maximum Gasteiger partial charge on any atom is 0.118 e. The monoisotopic (exact) mass is 341 g/mol. The number of methoxy groups -OCH3 is 1. The van der Waals surface area contributed by atoms with E-state index >= 15 is 0 Å². The number of rotatable bonds is 5. The van der Waals surface area contributed by atoms with Crippen molar-refractivity contribution in [3.8, 4) is 5.75 Å². The first-order chi connectivity index (χ1) is 8.78. The molecule has 1 N–H and O–H groups in total. The number of hydrogen-bond acceptors (Lipinski definition) is 2. The van der Waals surface area contributed by atoms with E-state index < -0.39 is 0 Å². The lowest BCUT2D eigenvalue weighted by Crippen LogP contribution is -2.12. The van der Waals surface area contributed by atoms with Crippen LogP contribution in [0.2, 0.25) is 5.02 Å². The van der Waals surface area contributed by atoms with Crippen LogP contribution >= 0.6 is 28.6 Å². The van der Waals surface area contributed by atoms with Crippen molar-refractivity contribution >= 4 is 28.6 Å². The van der Waals surface area contributed by atoms with Crippen LogP contribution in [0.25, 0.3) is 0 Å². The van der Waals surface area contributed by atoms with E-state index in [9.17, 15) is 0 Å². The van der Waals surface area contributed by atoms with Crippen LogP contribution in [0.15, 0.2) is 48.5 Å². The fraction of sp³-hybridized carbons (Fsp3) is 0.200. The number of nitrogens with one attached hydrogen (secondary N) is 1. The fourth-order valence-electron chi connectivity index (χ4n) is 1.74. The number of benzene rings is 2. The van der Waals surface area contributed by atoms with Crippen molar-refractivity contribution in [1.82, 2.24) is 5.32 Å². The largest absolute Gasteiger partial charge is 0.497 e. The highest BCUT2D eigenvalue weighted by molar-refractivity contribution is 8.93. The highest BCUT2D eigenvalue weighted by Crippen LogP contribution is 2.12. The highest BCUT2D eigenvalue weighted by atomic mass is 79.9. The van der Waals surface area contributed by atoms with Gasteiger partial charge in [0.05, 0.1) is 7.11 Å². The van der Waals surface area contributed by atoms with Gasteiger partial charge in [0.15, 0.2) is 0 Å². The Labute approximate surface area is 129 Å². The Morgan fingerprint density at radius 3 is 2.32 bits per heavy atom. The van der Waals surface area contributed by atoms with Gasteiger partial charge in [0.25, 0.3) is 0 Å². The summed E-state index contributed by atoms with van der Waals surface area (Å²) < 4.78 is 5.12. The second-order valence-electron chi connectivity index (χ2n) is 4.08. The SMILES string of the molecule is Br.COc1ccc(CNCc2cccc(Cl)c2)cc1. The zero-order valence-corrected chi connectivity index (χ0v) is 13.2. The molecule has 4 heteroatoms. The van der Waals surface area contributed by atoms with E-state index in [0.717, 1.165) is 23.9 Å². The predicted octanol–water partition coefficient (Wildman–Crippen LogP) is 4.22. The van der Waals surface area contributed by atoms with E-state index in [2.05, 4.69) is 23.5 Å². The molecule has 0 saturated heterocycles. The van der Waals surface area contributed by atoms with E-state index in [1.165, 1.54) is 11.1 Å². The maximum atomic E-state index is 5.93. The Hall–Kier alpha value is -1.03. The molecule has 0 bridgehead atoms. The van der Waals surface area contributed by atoms with E-state index in [4.69, 9.17) is 16.3 Å². The first-order valence-electron chi connectivity index (χ1n) is 5.86. The normalized spacial score (nSPS) is 9.79. The number of halogens is 2. The van der Waals surface area contributed by atoms with Crippen molar-refractivity contribution in [2.75, 3.05) is 7.11 Å². The van der Waals surface area contributed by atoms with Gasteiger partial charge in [-0.1, -0.05) is 35.9 Å². The van der Waals surface area contributed by atoms with E-state index in [1.54, 1.807) is 7.11 Å². The molecule has 0 unspecified atom stereocenters. The molecule has 102 valence electrons. The van der Waals surface area contributed by atoms with Gasteiger partial charge < -0.3 is 10.1 Å². The summed E-state index contributed by atoms with van der Waals surface area (Å²) in [4.78, 5) is 0. The van der Waals surface area contributed by atoms with Crippen LogP contribution in [0.4, 0.5) is 0 Å². The van der Waals surface area contributed by atoms with Gasteiger partial charge in [-0.3, -0.25) is 0 Å². The second-order valence-corrected chi connectivity index (χ2v) is 4.52. The molecule has 2 nitrogen and oxygen atoms in total. The molecule has 2 aromatic carbocycles. The molecule has 0 amide bonds. The van der Waals surface area contributed by atoms with Gasteiger partial charge in [-0.25, -0.2) is 0 Å². The minimum atomic E-state index is 0. The summed E-state index contributed by atoms with van der Waals surface area (Å²) in [5, 5.41) is 4.16. The zero-order chi connectivity index (χ0) is 12.8. The van der Waals surface area contributed by atoms with Gasteiger partial charge in [-0.15, -0.1) is 17.0 Å². The molecule has 0 radical (unpaired) electrons. The van der Waals surface area contributed by atoms with Gasteiger partial charge in [-0.2, -0.15) is 0 Å². The van der Waals surface area contributed by atoms with Crippen molar-refractivity contribution in [3.63, 3.8) is 0 Å². The van der Waals surface area contributed by atoms with Crippen molar-refractivity contribution in [2.45, 2.75) is 13.1 Å². The first kappa shape index (κ1) is 16.0. The average molecular weight is 343 g/mol. The number of ether oxygens (including phenoxy) is 1. The van der Waals surface area contributed by atoms with Crippen molar-refractivity contribution in [1.29, 1.82) is 0 Å². The zero-order valence-electron chi connectivity index (χ0n) is 10.7. The highest BCUT2D eigenvalue weighted by Gasteiger charge is 1.96. The molecule has 0 atom stereocenters. The first-order valence-corrected chi connectivity index (χ1v) is 6.24. The summed E-state index contributed by atoms with van der Waals surface area (Å²) in [6.45, 7) is 1.64. The summed E-state index contributed by atoms with van der Waals surface area (Å²) in [6.07, 6.45) is 0. The molecular weight excluding hydrogens is 326 g/mol. The van der Waals surface area contributed by atoms with Crippen molar-refractivity contribution < 1.29 is 4.74 Å². The van der Waals surface area contributed by atoms with Crippen LogP contribution < -0.4 is 10.1 Å². The predicted molar refractivity (Wildman–Crippen MR) is 85.3 cm³/mol. The quantitative estimate of drug-likeness (QED) is 0.878. The summed E-state index contributed by atoms with van der Waals surface area (Å²) in [6, 6.07) is 15.9. The van der Waals surface area contributed by atoms with E-state index in [-0.39, 0.29) is 17.0 Å². The van der Waals surface area contributed by atoms with Crippen molar-refractivity contribution in [2.24, 2.45) is 0 Å². The summed E-state index contributed by atoms with van der Waals surface area (Å²) in [7, 11) is 1.67. The third-order valence-electron chi connectivity index (χ3n) is 2.71. The van der Waals surface area contributed by atoms with Crippen molar-refractivity contribution in [3.05, 3.63) is 64.7 Å². The van der Waals surface area contributed by atoms with Crippen LogP contribution in [0.3, 0.4) is 0 Å². The maximum absolute atomic E-state index is 5.93. The van der Waals surface area contributed by atoms with Gasteiger partial charge in [0, 0.05) is 18.1 Å². The summed E-state index contributed by atoms with van der Waals surface area (Å²) in [5.74, 6) is 0.883. The Kier molecular flexibility index (Phi) is 6.92. The van der Waals surface area contributed by atoms with Gasteiger partial charge in [-0.05, 0) is 35.4 Å². The minimum Gasteiger partial charge on any atom is -0.497 e. The van der Waals surface area contributed by atoms with E-state index in [1.807, 2.05) is 30.3 Å². The molecule has 0 spiro atoms. The lowest BCUT2D eigenvalue weighted by atomic mass is 10.2. The molecule has 0 aliphatic rings. The van der Waals surface area contributed by atoms with Gasteiger partial charge in [0.2, 0.25) is 0 Å². The lowest BCUT2D eigenvalue weighted by molar-refractivity contribution is 0.414. The second kappa shape index (κ2) is 8.20. The molecular formula is C15H17BrClNO. The van der Waals surface area contributed by atoms with Crippen LogP contribution in [0.1, 0.15) is 11.1 Å². The smallest absolute Gasteiger partial charge is 0.118 e. The van der Waals surface area contributed by atoms with Gasteiger partial charge >= 0.3 is 0 Å². The number of hydrogen-bond donors (Lipinski definition) is 1. The van der Waals surface area contributed by atoms with E-state index in [0.29, 0.717) is 0 Å². The Bertz CT molecular complexity index is 502. The average Bonchev–Trinajstić information content (AvgIpc) is 2.40.